The Balaban J connectivity index is 1.90. The lowest BCUT2D eigenvalue weighted by Crippen LogP contribution is -2.37. The highest BCUT2D eigenvalue weighted by molar-refractivity contribution is 7.88. The zero-order chi connectivity index (χ0) is 18.3. The second-order valence-corrected chi connectivity index (χ2v) is 6.92. The molecule has 8 nitrogen and oxygen atoms in total. The predicted octanol–water partition coefficient (Wildman–Crippen LogP) is 1.03. The number of carbonyl (C=O) groups is 1. The van der Waals surface area contributed by atoms with Crippen LogP contribution in [0.5, 0.6) is 11.5 Å². The van der Waals surface area contributed by atoms with Gasteiger partial charge in [0.1, 0.15) is 17.3 Å². The lowest BCUT2D eigenvalue weighted by atomic mass is 10.2. The molecule has 0 bridgehead atoms. The van der Waals surface area contributed by atoms with Crippen molar-refractivity contribution in [2.45, 2.75) is 12.3 Å². The number of carbonyl (C=O) groups excluding carboxylic acids is 1. The quantitative estimate of drug-likeness (QED) is 0.685. The van der Waals surface area contributed by atoms with Gasteiger partial charge in [-0.15, -0.1) is 0 Å². The van der Waals surface area contributed by atoms with E-state index in [2.05, 4.69) is 10.0 Å². The van der Waals surface area contributed by atoms with Crippen LogP contribution in [-0.2, 0) is 27.1 Å². The molecule has 0 fully saturated rings. The van der Waals surface area contributed by atoms with Crippen LogP contribution in [0.15, 0.2) is 41.0 Å². The average Bonchev–Trinajstić information content (AvgIpc) is 3.12. The van der Waals surface area contributed by atoms with Gasteiger partial charge in [-0.3, -0.25) is 4.79 Å². The molecule has 0 spiro atoms. The van der Waals surface area contributed by atoms with Gasteiger partial charge in [0.15, 0.2) is 0 Å². The molecule has 0 saturated heterocycles. The Morgan fingerprint density at radius 2 is 2.00 bits per heavy atom. The minimum atomic E-state index is -3.71. The van der Waals surface area contributed by atoms with Crippen molar-refractivity contribution < 1.29 is 27.1 Å². The smallest absolute Gasteiger partial charge is 0.235 e. The molecule has 0 aliphatic rings. The molecule has 2 rings (SSSR count). The summed E-state index contributed by atoms with van der Waals surface area (Å²) >= 11 is 0. The molecule has 0 radical (unpaired) electrons. The molecule has 0 aliphatic carbocycles. The Bertz CT molecular complexity index is 802. The highest BCUT2D eigenvalue weighted by atomic mass is 32.2. The van der Waals surface area contributed by atoms with Crippen molar-refractivity contribution in [1.82, 2.24) is 10.0 Å². The molecular weight excluding hydrogens is 348 g/mol. The van der Waals surface area contributed by atoms with Crippen molar-refractivity contribution >= 4 is 15.9 Å². The number of rotatable bonds is 9. The lowest BCUT2D eigenvalue weighted by molar-refractivity contribution is -0.120. The molecule has 0 aliphatic heterocycles. The molecule has 1 aromatic carbocycles. The fourth-order valence-electron chi connectivity index (χ4n) is 2.06. The Morgan fingerprint density at radius 3 is 2.64 bits per heavy atom. The predicted molar refractivity (Wildman–Crippen MR) is 90.7 cm³/mol. The molecule has 136 valence electrons. The van der Waals surface area contributed by atoms with E-state index >= 15 is 0 Å². The molecule has 0 atom stereocenters. The van der Waals surface area contributed by atoms with Crippen molar-refractivity contribution in [3.8, 4) is 11.5 Å². The zero-order valence-corrected chi connectivity index (χ0v) is 14.8. The van der Waals surface area contributed by atoms with Crippen LogP contribution in [0.25, 0.3) is 0 Å². The number of methoxy groups -OCH3 is 2. The third-order valence-corrected chi connectivity index (χ3v) is 4.61. The summed E-state index contributed by atoms with van der Waals surface area (Å²) in [6.07, 6.45) is 1.49. The summed E-state index contributed by atoms with van der Waals surface area (Å²) in [5.74, 6) is 0.766. The van der Waals surface area contributed by atoms with Crippen molar-refractivity contribution in [2.75, 3.05) is 20.8 Å². The van der Waals surface area contributed by atoms with Crippen molar-refractivity contribution in [3.63, 3.8) is 0 Å². The highest BCUT2D eigenvalue weighted by Crippen LogP contribution is 2.25. The average molecular weight is 368 g/mol. The van der Waals surface area contributed by atoms with Crippen LogP contribution in [0, 0.1) is 0 Å². The number of amides is 1. The summed E-state index contributed by atoms with van der Waals surface area (Å²) in [4.78, 5) is 11.7. The van der Waals surface area contributed by atoms with E-state index in [9.17, 15) is 13.2 Å². The van der Waals surface area contributed by atoms with E-state index in [1.54, 1.807) is 30.3 Å². The first-order chi connectivity index (χ1) is 11.9. The molecule has 2 aromatic rings. The lowest BCUT2D eigenvalue weighted by Gasteiger charge is -2.11. The number of ether oxygens (including phenoxy) is 2. The Morgan fingerprint density at radius 1 is 1.20 bits per heavy atom. The van der Waals surface area contributed by atoms with E-state index in [0.717, 1.165) is 0 Å². The highest BCUT2D eigenvalue weighted by Gasteiger charge is 2.17. The Hall–Kier alpha value is -2.52. The van der Waals surface area contributed by atoms with Crippen molar-refractivity contribution in [1.29, 1.82) is 0 Å². The summed E-state index contributed by atoms with van der Waals surface area (Å²) in [5.41, 5.74) is 0.465. The first-order valence-corrected chi connectivity index (χ1v) is 9.06. The fraction of sp³-hybridized carbons (Fsp3) is 0.312. The van der Waals surface area contributed by atoms with Crippen molar-refractivity contribution in [2.24, 2.45) is 0 Å². The van der Waals surface area contributed by atoms with Gasteiger partial charge in [-0.1, -0.05) is 6.07 Å². The van der Waals surface area contributed by atoms with Gasteiger partial charge in [-0.25, -0.2) is 13.1 Å². The van der Waals surface area contributed by atoms with E-state index in [1.807, 2.05) is 0 Å². The van der Waals surface area contributed by atoms with Crippen LogP contribution in [0.4, 0.5) is 0 Å². The van der Waals surface area contributed by atoms with Gasteiger partial charge in [0.25, 0.3) is 0 Å². The Labute approximate surface area is 146 Å². The number of nitrogens with one attached hydrogen (secondary N) is 2. The normalized spacial score (nSPS) is 11.1. The molecule has 0 saturated carbocycles. The maximum atomic E-state index is 12.2. The molecule has 1 aromatic heterocycles. The number of furan rings is 1. The SMILES string of the molecule is COc1ccc(CS(=O)(=O)NCC(=O)NCc2ccco2)c(OC)c1. The molecule has 0 unspecified atom stereocenters. The van der Waals surface area contributed by atoms with Gasteiger partial charge in [0.2, 0.25) is 15.9 Å². The zero-order valence-electron chi connectivity index (χ0n) is 13.9. The van der Waals surface area contributed by atoms with Crippen LogP contribution in [0.3, 0.4) is 0 Å². The number of hydrogen-bond donors (Lipinski definition) is 2. The van der Waals surface area contributed by atoms with Crippen LogP contribution in [0.1, 0.15) is 11.3 Å². The molecular formula is C16H20N2O6S. The summed E-state index contributed by atoms with van der Waals surface area (Å²) in [5, 5.41) is 2.56. The summed E-state index contributed by atoms with van der Waals surface area (Å²) in [6, 6.07) is 8.26. The minimum absolute atomic E-state index is 0.194. The first kappa shape index (κ1) is 18.8. The summed E-state index contributed by atoms with van der Waals surface area (Å²) in [6.45, 7) is -0.165. The molecule has 9 heteroatoms. The number of benzene rings is 1. The van der Waals surface area contributed by atoms with Gasteiger partial charge in [-0.2, -0.15) is 0 Å². The second-order valence-electron chi connectivity index (χ2n) is 5.11. The van der Waals surface area contributed by atoms with E-state index in [0.29, 0.717) is 22.8 Å². The monoisotopic (exact) mass is 368 g/mol. The maximum Gasteiger partial charge on any atom is 0.235 e. The van der Waals surface area contributed by atoms with E-state index in [1.165, 1.54) is 20.5 Å². The van der Waals surface area contributed by atoms with Crippen molar-refractivity contribution in [3.05, 3.63) is 47.9 Å². The first-order valence-electron chi connectivity index (χ1n) is 7.41. The maximum absolute atomic E-state index is 12.2. The third kappa shape index (κ3) is 5.80. The number of sulfonamides is 1. The van der Waals surface area contributed by atoms with Crippen LogP contribution in [-0.4, -0.2) is 35.1 Å². The third-order valence-electron chi connectivity index (χ3n) is 3.33. The van der Waals surface area contributed by atoms with Crippen LogP contribution < -0.4 is 19.5 Å². The minimum Gasteiger partial charge on any atom is -0.497 e. The van der Waals surface area contributed by atoms with E-state index in [-0.39, 0.29) is 18.8 Å². The largest absolute Gasteiger partial charge is 0.497 e. The molecule has 1 amide bonds. The van der Waals surface area contributed by atoms with Crippen LogP contribution in [0.2, 0.25) is 0 Å². The van der Waals surface area contributed by atoms with Gasteiger partial charge in [0, 0.05) is 11.6 Å². The van der Waals surface area contributed by atoms with Crippen LogP contribution >= 0.6 is 0 Å². The molecule has 25 heavy (non-hydrogen) atoms. The van der Waals surface area contributed by atoms with E-state index in [4.69, 9.17) is 13.9 Å². The van der Waals surface area contributed by atoms with Gasteiger partial charge in [-0.05, 0) is 18.2 Å². The summed E-state index contributed by atoms with van der Waals surface area (Å²) < 4.78 is 41.9. The van der Waals surface area contributed by atoms with E-state index < -0.39 is 15.9 Å². The van der Waals surface area contributed by atoms with Gasteiger partial charge in [0.05, 0.1) is 39.3 Å². The van der Waals surface area contributed by atoms with Gasteiger partial charge >= 0.3 is 0 Å². The number of hydrogen-bond acceptors (Lipinski definition) is 6. The Kier molecular flexibility index (Phi) is 6.43. The molecule has 2 N–H and O–H groups in total. The topological polar surface area (TPSA) is 107 Å². The summed E-state index contributed by atoms with van der Waals surface area (Å²) in [7, 11) is -0.756. The molecule has 1 heterocycles. The van der Waals surface area contributed by atoms with Gasteiger partial charge < -0.3 is 19.2 Å². The fourth-order valence-corrected chi connectivity index (χ4v) is 3.16. The standard InChI is InChI=1S/C16H20N2O6S/c1-22-13-6-5-12(15(8-13)23-2)11-25(20,21)18-10-16(19)17-9-14-4-3-7-24-14/h3-8,18H,9-11H2,1-2H3,(H,17,19). The second kappa shape index (κ2) is 8.54.